The number of carbonyl (C=O) groups is 1. The molecule has 0 bridgehead atoms. The fourth-order valence-electron chi connectivity index (χ4n) is 7.45. The molecule has 0 aromatic heterocycles. The van der Waals surface area contributed by atoms with E-state index in [2.05, 4.69) is 6.92 Å². The number of cyclic esters (lactones) is 1. The molecule has 7 atom stereocenters. The van der Waals surface area contributed by atoms with Crippen LogP contribution in [0, 0.1) is 28.6 Å². The van der Waals surface area contributed by atoms with Crippen molar-refractivity contribution in [2.45, 2.75) is 64.1 Å². The Morgan fingerprint density at radius 2 is 1.80 bits per heavy atom. The number of rotatable bonds is 2. The van der Waals surface area contributed by atoms with Crippen molar-refractivity contribution in [3.05, 3.63) is 11.6 Å². The predicted molar refractivity (Wildman–Crippen MR) is 104 cm³/mol. The van der Waals surface area contributed by atoms with E-state index in [4.69, 9.17) is 18.4 Å². The van der Waals surface area contributed by atoms with E-state index in [1.165, 1.54) is 6.08 Å². The van der Waals surface area contributed by atoms with Gasteiger partial charge in [0.2, 0.25) is 6.29 Å². The summed E-state index contributed by atoms with van der Waals surface area (Å²) in [6.45, 7) is 5.29. The molecule has 2 heterocycles. The summed E-state index contributed by atoms with van der Waals surface area (Å²) in [5.41, 5.74) is -0.544. The molecule has 1 spiro atoms. The van der Waals surface area contributed by atoms with Crippen LogP contribution in [-0.4, -0.2) is 57.1 Å². The fraction of sp³-hybridized carbons (Fsp3) is 0.857. The lowest BCUT2D eigenvalue weighted by Crippen LogP contribution is -2.61. The average molecular weight is 443 g/mol. The van der Waals surface area contributed by atoms with Crippen LogP contribution in [0.5, 0.6) is 0 Å². The molecule has 0 unspecified atom stereocenters. The first-order chi connectivity index (χ1) is 14.0. The van der Waals surface area contributed by atoms with Gasteiger partial charge in [-0.15, -0.1) is 0 Å². The highest BCUT2D eigenvalue weighted by Gasteiger charge is 2.69. The summed E-state index contributed by atoms with van der Waals surface area (Å²) in [5, 5.41) is 10.9. The molecular formula is C21H30O8S. The van der Waals surface area contributed by atoms with Gasteiger partial charge in [-0.05, 0) is 55.9 Å². The third-order valence-electron chi connectivity index (χ3n) is 8.77. The van der Waals surface area contributed by atoms with Gasteiger partial charge in [0.25, 0.3) is 10.1 Å². The molecule has 5 rings (SSSR count). The van der Waals surface area contributed by atoms with E-state index in [1.807, 2.05) is 6.92 Å². The SMILES string of the molecule is C[C@@]12C(=CC(=O)O[C@@H]1O)[C@@H](OS(C)(=O)=O)C[C@@H]1[C@@H]2CC[C@@]2(C)[C@H]1CCC21OCCO1. The van der Waals surface area contributed by atoms with Crippen molar-refractivity contribution < 1.29 is 36.7 Å². The zero-order chi connectivity index (χ0) is 21.5. The van der Waals surface area contributed by atoms with Crippen molar-refractivity contribution >= 4 is 16.1 Å². The van der Waals surface area contributed by atoms with E-state index in [-0.39, 0.29) is 23.2 Å². The van der Waals surface area contributed by atoms with Gasteiger partial charge in [0.15, 0.2) is 5.79 Å². The zero-order valence-corrected chi connectivity index (χ0v) is 18.4. The molecule has 1 N–H and O–H groups in total. The summed E-state index contributed by atoms with van der Waals surface area (Å²) in [4.78, 5) is 12.0. The minimum atomic E-state index is -3.76. The number of carbonyl (C=O) groups excluding carboxylic acids is 1. The van der Waals surface area contributed by atoms with Gasteiger partial charge in [0.05, 0.1) is 31.0 Å². The Hall–Kier alpha value is -1.00. The van der Waals surface area contributed by atoms with Crippen LogP contribution in [-0.2, 0) is 33.3 Å². The lowest BCUT2D eigenvalue weighted by Gasteiger charge is -2.60. The van der Waals surface area contributed by atoms with Crippen LogP contribution in [0.2, 0.25) is 0 Å². The van der Waals surface area contributed by atoms with Gasteiger partial charge in [-0.3, -0.25) is 4.18 Å². The zero-order valence-electron chi connectivity index (χ0n) is 17.6. The number of aliphatic hydroxyl groups excluding tert-OH is 1. The number of aliphatic hydroxyl groups is 1. The Kier molecular flexibility index (Phi) is 4.53. The van der Waals surface area contributed by atoms with Gasteiger partial charge in [-0.2, -0.15) is 8.42 Å². The van der Waals surface area contributed by atoms with E-state index in [0.717, 1.165) is 31.9 Å². The molecule has 0 amide bonds. The molecule has 8 nitrogen and oxygen atoms in total. The van der Waals surface area contributed by atoms with E-state index < -0.39 is 39.7 Å². The van der Waals surface area contributed by atoms with Crippen LogP contribution >= 0.6 is 0 Å². The topological polar surface area (TPSA) is 108 Å². The van der Waals surface area contributed by atoms with Crippen LogP contribution < -0.4 is 0 Å². The Labute approximate surface area is 177 Å². The molecule has 9 heteroatoms. The third-order valence-corrected chi connectivity index (χ3v) is 9.35. The van der Waals surface area contributed by atoms with Crippen molar-refractivity contribution in [3.63, 3.8) is 0 Å². The molecule has 1 saturated heterocycles. The van der Waals surface area contributed by atoms with Gasteiger partial charge in [0.1, 0.15) is 0 Å². The first kappa shape index (κ1) is 20.9. The summed E-state index contributed by atoms with van der Waals surface area (Å²) in [6, 6.07) is 0. The summed E-state index contributed by atoms with van der Waals surface area (Å²) in [7, 11) is -3.76. The molecule has 4 fully saturated rings. The summed E-state index contributed by atoms with van der Waals surface area (Å²) >= 11 is 0. The highest BCUT2D eigenvalue weighted by molar-refractivity contribution is 7.86. The van der Waals surface area contributed by atoms with Crippen LogP contribution in [0.3, 0.4) is 0 Å². The normalized spacial score (nSPS) is 47.3. The first-order valence-electron chi connectivity index (χ1n) is 10.8. The molecule has 168 valence electrons. The van der Waals surface area contributed by atoms with Crippen molar-refractivity contribution in [1.29, 1.82) is 0 Å². The summed E-state index contributed by atoms with van der Waals surface area (Å²) in [5.74, 6) is -0.867. The Morgan fingerprint density at radius 3 is 2.47 bits per heavy atom. The van der Waals surface area contributed by atoms with Crippen molar-refractivity contribution in [1.82, 2.24) is 0 Å². The molecule has 2 aliphatic heterocycles. The van der Waals surface area contributed by atoms with Gasteiger partial charge >= 0.3 is 5.97 Å². The Balaban J connectivity index is 1.57. The molecule has 0 radical (unpaired) electrons. The maximum atomic E-state index is 12.0. The molecule has 5 aliphatic rings. The molecule has 3 aliphatic carbocycles. The standard InChI is InChI=1S/C21H30O8S/c1-19-6-4-14-12(13(19)5-7-21(19)26-8-9-27-21)10-16(29-30(3,24)25)15-11-17(22)28-18(23)20(14,15)2/h11-14,16,18,23H,4-10H2,1-3H3/t12-,13-,14-,16-,18-,19-,20+/m0/s1. The molecule has 0 aromatic rings. The minimum Gasteiger partial charge on any atom is -0.432 e. The quantitative estimate of drug-likeness (QED) is 0.509. The maximum absolute atomic E-state index is 12.0. The van der Waals surface area contributed by atoms with Crippen LogP contribution in [0.1, 0.15) is 46.0 Å². The Bertz CT molecular complexity index is 891. The van der Waals surface area contributed by atoms with Crippen LogP contribution in [0.4, 0.5) is 0 Å². The van der Waals surface area contributed by atoms with E-state index in [1.54, 1.807) is 0 Å². The second-order valence-corrected chi connectivity index (χ2v) is 11.6. The number of esters is 1. The number of hydrogen-bond donors (Lipinski definition) is 1. The monoisotopic (exact) mass is 442 g/mol. The van der Waals surface area contributed by atoms with Crippen molar-refractivity contribution in [3.8, 4) is 0 Å². The highest BCUT2D eigenvalue weighted by atomic mass is 32.2. The summed E-state index contributed by atoms with van der Waals surface area (Å²) in [6.07, 6.45) is 4.10. The van der Waals surface area contributed by atoms with Gasteiger partial charge in [-0.25, -0.2) is 4.79 Å². The molecule has 0 aromatic carbocycles. The van der Waals surface area contributed by atoms with E-state index in [9.17, 15) is 18.3 Å². The first-order valence-corrected chi connectivity index (χ1v) is 12.6. The number of hydrogen-bond acceptors (Lipinski definition) is 8. The number of ether oxygens (including phenoxy) is 3. The Morgan fingerprint density at radius 1 is 1.13 bits per heavy atom. The van der Waals surface area contributed by atoms with Gasteiger partial charge in [0, 0.05) is 17.9 Å². The van der Waals surface area contributed by atoms with E-state index in [0.29, 0.717) is 25.2 Å². The van der Waals surface area contributed by atoms with Gasteiger partial charge < -0.3 is 19.3 Å². The lowest BCUT2D eigenvalue weighted by atomic mass is 9.47. The highest BCUT2D eigenvalue weighted by Crippen LogP contribution is 2.69. The maximum Gasteiger partial charge on any atom is 0.333 e. The molecule has 30 heavy (non-hydrogen) atoms. The van der Waals surface area contributed by atoms with Crippen molar-refractivity contribution in [2.75, 3.05) is 19.5 Å². The second kappa shape index (κ2) is 6.51. The fourth-order valence-corrected chi connectivity index (χ4v) is 8.06. The van der Waals surface area contributed by atoms with Crippen molar-refractivity contribution in [2.24, 2.45) is 28.6 Å². The smallest absolute Gasteiger partial charge is 0.333 e. The number of fused-ring (bicyclic) bond motifs is 6. The van der Waals surface area contributed by atoms with E-state index >= 15 is 0 Å². The van der Waals surface area contributed by atoms with Crippen LogP contribution in [0.25, 0.3) is 0 Å². The predicted octanol–water partition coefficient (Wildman–Crippen LogP) is 1.73. The summed E-state index contributed by atoms with van der Waals surface area (Å²) < 4.78 is 47.0. The second-order valence-electron chi connectivity index (χ2n) is 10.0. The average Bonchev–Trinajstić information content (AvgIpc) is 3.23. The minimum absolute atomic E-state index is 0.0425. The lowest BCUT2D eigenvalue weighted by molar-refractivity contribution is -0.254. The largest absolute Gasteiger partial charge is 0.432 e. The molecule has 3 saturated carbocycles. The molecular weight excluding hydrogens is 412 g/mol. The third kappa shape index (κ3) is 2.71. The van der Waals surface area contributed by atoms with Gasteiger partial charge in [-0.1, -0.05) is 6.92 Å². The van der Waals surface area contributed by atoms with Crippen LogP contribution in [0.15, 0.2) is 11.6 Å².